The van der Waals surface area contributed by atoms with Gasteiger partial charge in [-0.1, -0.05) is 19.4 Å². The van der Waals surface area contributed by atoms with Crippen molar-refractivity contribution in [3.05, 3.63) is 41.7 Å². The number of hydrogen-bond acceptors (Lipinski definition) is 2. The van der Waals surface area contributed by atoms with Crippen molar-refractivity contribution in [2.24, 2.45) is 0 Å². The first-order chi connectivity index (χ1) is 8.70. The highest BCUT2D eigenvalue weighted by Crippen LogP contribution is 2.26. The summed E-state index contributed by atoms with van der Waals surface area (Å²) in [6.45, 7) is 4.17. The van der Waals surface area contributed by atoms with E-state index in [0.29, 0.717) is 5.75 Å². The number of phenolic OH excluding ortho intramolecular Hbond substituents is 1. The molecular formula is C15H20N2O. The van der Waals surface area contributed by atoms with Crippen molar-refractivity contribution in [1.82, 2.24) is 4.98 Å². The molecule has 2 aromatic rings. The van der Waals surface area contributed by atoms with Crippen molar-refractivity contribution < 1.29 is 5.11 Å². The zero-order valence-corrected chi connectivity index (χ0v) is 11.0. The Hall–Kier alpha value is -1.90. The number of aromatic nitrogens is 1. The number of benzene rings is 1. The highest BCUT2D eigenvalue weighted by atomic mass is 16.3. The van der Waals surface area contributed by atoms with Crippen LogP contribution in [0.1, 0.15) is 31.0 Å². The van der Waals surface area contributed by atoms with Crippen molar-refractivity contribution in [3.63, 3.8) is 0 Å². The van der Waals surface area contributed by atoms with Gasteiger partial charge in [0.25, 0.3) is 0 Å². The second-order valence-electron chi connectivity index (χ2n) is 4.59. The summed E-state index contributed by atoms with van der Waals surface area (Å²) in [5, 5.41) is 13.3. The lowest BCUT2D eigenvalue weighted by Gasteiger charge is -2.09. The number of hydrogen-bond donors (Lipinski definition) is 3. The second-order valence-corrected chi connectivity index (χ2v) is 4.59. The highest BCUT2D eigenvalue weighted by Gasteiger charge is 2.04. The Labute approximate surface area is 108 Å². The Morgan fingerprint density at radius 3 is 2.72 bits per heavy atom. The summed E-state index contributed by atoms with van der Waals surface area (Å²) >= 11 is 0. The fourth-order valence-corrected chi connectivity index (χ4v) is 1.96. The van der Waals surface area contributed by atoms with Crippen molar-refractivity contribution in [1.29, 1.82) is 0 Å². The molecule has 0 atom stereocenters. The van der Waals surface area contributed by atoms with Crippen LogP contribution in [0.3, 0.4) is 0 Å². The van der Waals surface area contributed by atoms with E-state index in [-0.39, 0.29) is 0 Å². The standard InChI is InChI=1S/C15H20N2O/c1-3-4-5-12-6-7-13(10-15(12)18)17-14-8-9-16-11(14)2/h6-10,16-18H,3-5H2,1-2H3. The lowest BCUT2D eigenvalue weighted by Crippen LogP contribution is -1.92. The SMILES string of the molecule is CCCCc1ccc(Nc2cc[nH]c2C)cc1O. The monoisotopic (exact) mass is 244 g/mol. The molecule has 96 valence electrons. The molecule has 1 aromatic carbocycles. The van der Waals surface area contributed by atoms with Gasteiger partial charge in [-0.15, -0.1) is 0 Å². The van der Waals surface area contributed by atoms with Gasteiger partial charge in [-0.2, -0.15) is 0 Å². The molecule has 0 fully saturated rings. The maximum atomic E-state index is 9.97. The van der Waals surface area contributed by atoms with E-state index in [2.05, 4.69) is 17.2 Å². The van der Waals surface area contributed by atoms with E-state index in [9.17, 15) is 5.11 Å². The van der Waals surface area contributed by atoms with Crippen LogP contribution >= 0.6 is 0 Å². The predicted octanol–water partition coefficient (Wildman–Crippen LogP) is 4.11. The Kier molecular flexibility index (Phi) is 3.92. The van der Waals surface area contributed by atoms with Crippen LogP contribution in [-0.2, 0) is 6.42 Å². The molecule has 0 aliphatic carbocycles. The molecular weight excluding hydrogens is 224 g/mol. The first kappa shape index (κ1) is 12.6. The number of aryl methyl sites for hydroxylation is 2. The predicted molar refractivity (Wildman–Crippen MR) is 75.5 cm³/mol. The third-order valence-corrected chi connectivity index (χ3v) is 3.12. The maximum absolute atomic E-state index is 9.97. The van der Waals surface area contributed by atoms with Crippen LogP contribution in [0.5, 0.6) is 5.75 Å². The molecule has 0 unspecified atom stereocenters. The summed E-state index contributed by atoms with van der Waals surface area (Å²) in [5.41, 5.74) is 4.06. The first-order valence-corrected chi connectivity index (χ1v) is 6.43. The molecule has 0 saturated carbocycles. The molecule has 0 amide bonds. The Bertz CT molecular complexity index is 517. The molecule has 0 saturated heterocycles. The lowest BCUT2D eigenvalue weighted by atomic mass is 10.1. The van der Waals surface area contributed by atoms with E-state index in [1.54, 1.807) is 6.07 Å². The summed E-state index contributed by atoms with van der Waals surface area (Å²) in [6, 6.07) is 7.78. The van der Waals surface area contributed by atoms with Crippen molar-refractivity contribution in [2.75, 3.05) is 5.32 Å². The Morgan fingerprint density at radius 2 is 2.11 bits per heavy atom. The zero-order chi connectivity index (χ0) is 13.0. The summed E-state index contributed by atoms with van der Waals surface area (Å²) in [7, 11) is 0. The second kappa shape index (κ2) is 5.63. The molecule has 1 aromatic heterocycles. The van der Waals surface area contributed by atoms with Crippen molar-refractivity contribution in [3.8, 4) is 5.75 Å². The fraction of sp³-hybridized carbons (Fsp3) is 0.333. The average molecular weight is 244 g/mol. The number of unbranched alkanes of at least 4 members (excludes halogenated alkanes) is 1. The van der Waals surface area contributed by atoms with Gasteiger partial charge in [0.15, 0.2) is 0 Å². The molecule has 18 heavy (non-hydrogen) atoms. The molecule has 0 aliphatic rings. The molecule has 0 spiro atoms. The molecule has 1 heterocycles. The quantitative estimate of drug-likeness (QED) is 0.741. The average Bonchev–Trinajstić information content (AvgIpc) is 2.74. The Morgan fingerprint density at radius 1 is 1.28 bits per heavy atom. The van der Waals surface area contributed by atoms with E-state index >= 15 is 0 Å². The van der Waals surface area contributed by atoms with Crippen molar-refractivity contribution in [2.45, 2.75) is 33.1 Å². The van der Waals surface area contributed by atoms with Gasteiger partial charge in [0.05, 0.1) is 5.69 Å². The van der Waals surface area contributed by atoms with Gasteiger partial charge in [0.1, 0.15) is 5.75 Å². The number of H-pyrrole nitrogens is 1. The molecule has 0 bridgehead atoms. The van der Waals surface area contributed by atoms with Gasteiger partial charge in [-0.25, -0.2) is 0 Å². The zero-order valence-electron chi connectivity index (χ0n) is 11.0. The van der Waals surface area contributed by atoms with Crippen LogP contribution in [0.2, 0.25) is 0 Å². The largest absolute Gasteiger partial charge is 0.508 e. The number of phenols is 1. The highest BCUT2D eigenvalue weighted by molar-refractivity contribution is 5.63. The van der Waals surface area contributed by atoms with Gasteiger partial charge in [-0.3, -0.25) is 0 Å². The number of nitrogens with one attached hydrogen (secondary N) is 2. The summed E-state index contributed by atoms with van der Waals surface area (Å²) in [6.07, 6.45) is 5.08. The van der Waals surface area contributed by atoms with Crippen LogP contribution in [0.4, 0.5) is 11.4 Å². The van der Waals surface area contributed by atoms with Gasteiger partial charge < -0.3 is 15.4 Å². The van der Waals surface area contributed by atoms with E-state index in [1.807, 2.05) is 31.3 Å². The minimum absolute atomic E-state index is 0.377. The fourth-order valence-electron chi connectivity index (χ4n) is 1.96. The van der Waals surface area contributed by atoms with E-state index in [1.165, 1.54) is 0 Å². The molecule has 3 N–H and O–H groups in total. The number of anilines is 2. The van der Waals surface area contributed by atoms with E-state index in [0.717, 1.165) is 41.9 Å². The van der Waals surface area contributed by atoms with Gasteiger partial charge in [0, 0.05) is 23.6 Å². The number of aromatic amines is 1. The number of rotatable bonds is 5. The molecule has 3 heteroatoms. The van der Waals surface area contributed by atoms with Crippen LogP contribution < -0.4 is 5.32 Å². The minimum atomic E-state index is 0.377. The smallest absolute Gasteiger partial charge is 0.120 e. The third-order valence-electron chi connectivity index (χ3n) is 3.12. The summed E-state index contributed by atoms with van der Waals surface area (Å²) < 4.78 is 0. The topological polar surface area (TPSA) is 48.0 Å². The van der Waals surface area contributed by atoms with Gasteiger partial charge >= 0.3 is 0 Å². The van der Waals surface area contributed by atoms with E-state index in [4.69, 9.17) is 0 Å². The summed E-state index contributed by atoms with van der Waals surface area (Å²) in [5.74, 6) is 0.377. The minimum Gasteiger partial charge on any atom is -0.508 e. The first-order valence-electron chi connectivity index (χ1n) is 6.43. The molecule has 0 radical (unpaired) electrons. The molecule has 3 nitrogen and oxygen atoms in total. The Balaban J connectivity index is 2.11. The van der Waals surface area contributed by atoms with Crippen LogP contribution in [-0.4, -0.2) is 10.1 Å². The molecule has 2 rings (SSSR count). The number of aromatic hydroxyl groups is 1. The van der Waals surface area contributed by atoms with Gasteiger partial charge in [-0.05, 0) is 37.5 Å². The van der Waals surface area contributed by atoms with Crippen LogP contribution in [0.15, 0.2) is 30.5 Å². The summed E-state index contributed by atoms with van der Waals surface area (Å²) in [4.78, 5) is 3.12. The van der Waals surface area contributed by atoms with Gasteiger partial charge in [0.2, 0.25) is 0 Å². The molecule has 0 aliphatic heterocycles. The maximum Gasteiger partial charge on any atom is 0.120 e. The lowest BCUT2D eigenvalue weighted by molar-refractivity contribution is 0.467. The van der Waals surface area contributed by atoms with E-state index < -0.39 is 0 Å². The van der Waals surface area contributed by atoms with Crippen molar-refractivity contribution >= 4 is 11.4 Å². The van der Waals surface area contributed by atoms with Crippen LogP contribution in [0, 0.1) is 6.92 Å². The third kappa shape index (κ3) is 2.86. The van der Waals surface area contributed by atoms with Crippen LogP contribution in [0.25, 0.3) is 0 Å². The normalized spacial score (nSPS) is 10.6.